The summed E-state index contributed by atoms with van der Waals surface area (Å²) < 4.78 is 72.3. The number of alkyl halides is 3. The predicted octanol–water partition coefficient (Wildman–Crippen LogP) is 4.08. The van der Waals surface area contributed by atoms with Gasteiger partial charge >= 0.3 is 12.1 Å². The van der Waals surface area contributed by atoms with Crippen molar-refractivity contribution in [1.82, 2.24) is 15.1 Å². The number of hydrogen-bond acceptors (Lipinski definition) is 6. The molecule has 11 heteroatoms. The van der Waals surface area contributed by atoms with E-state index in [9.17, 15) is 21.8 Å². The molecule has 0 saturated heterocycles. The van der Waals surface area contributed by atoms with E-state index in [1.165, 1.54) is 30.7 Å². The van der Waals surface area contributed by atoms with Gasteiger partial charge in [0.1, 0.15) is 16.5 Å². The van der Waals surface area contributed by atoms with Crippen molar-refractivity contribution >= 4 is 15.4 Å². The molecular formula is C15H10F4N4O2S. The monoisotopic (exact) mass is 386 g/mol. The topological polar surface area (TPSA) is 81.2 Å². The van der Waals surface area contributed by atoms with E-state index in [1.54, 1.807) is 12.1 Å². The molecule has 2 aromatic heterocycles. The molecule has 136 valence electrons. The number of hydrogen-bond donors (Lipinski definition) is 0. The van der Waals surface area contributed by atoms with E-state index in [2.05, 4.69) is 24.0 Å². The lowest BCUT2D eigenvalue weighted by Crippen LogP contribution is -2.04. The Morgan fingerprint density at radius 1 is 1.19 bits per heavy atom. The van der Waals surface area contributed by atoms with Gasteiger partial charge in [-0.05, 0) is 30.3 Å². The lowest BCUT2D eigenvalue weighted by molar-refractivity contribution is -0.159. The molecule has 2 heterocycles. The van der Waals surface area contributed by atoms with Crippen molar-refractivity contribution in [3.63, 3.8) is 0 Å². The third-order valence-electron chi connectivity index (χ3n) is 3.17. The van der Waals surface area contributed by atoms with Gasteiger partial charge in [0.15, 0.2) is 0 Å². The van der Waals surface area contributed by atoms with Crippen LogP contribution < -0.4 is 0 Å². The number of nitrogens with zero attached hydrogens (tertiary/aromatic N) is 4. The van der Waals surface area contributed by atoms with Gasteiger partial charge in [-0.3, -0.25) is 0 Å². The fourth-order valence-electron chi connectivity index (χ4n) is 1.98. The Kier molecular flexibility index (Phi) is 4.48. The van der Waals surface area contributed by atoms with Gasteiger partial charge in [0.2, 0.25) is 5.82 Å². The van der Waals surface area contributed by atoms with E-state index >= 15 is 0 Å². The summed E-state index contributed by atoms with van der Waals surface area (Å²) in [7, 11) is -3.00. The summed E-state index contributed by atoms with van der Waals surface area (Å²) in [6.45, 7) is 0. The number of rotatable bonds is 3. The van der Waals surface area contributed by atoms with Gasteiger partial charge < -0.3 is 4.52 Å². The van der Waals surface area contributed by atoms with E-state index in [0.717, 1.165) is 6.07 Å². The highest BCUT2D eigenvalue weighted by Crippen LogP contribution is 2.31. The SMILES string of the molecule is CS(=O)(=Nc1ccc(-c2noc(C(F)(F)F)n2)cc1F)c1ccccn1. The second kappa shape index (κ2) is 6.48. The highest BCUT2D eigenvalue weighted by molar-refractivity contribution is 7.93. The van der Waals surface area contributed by atoms with Crippen LogP contribution >= 0.6 is 0 Å². The van der Waals surface area contributed by atoms with Crippen LogP contribution in [-0.2, 0) is 15.9 Å². The van der Waals surface area contributed by atoms with Gasteiger partial charge in [0, 0.05) is 18.0 Å². The minimum atomic E-state index is -4.80. The molecule has 0 N–H and O–H groups in total. The molecule has 1 aromatic carbocycles. The van der Waals surface area contributed by atoms with Crippen LogP contribution in [0.2, 0.25) is 0 Å². The molecule has 0 bridgehead atoms. The maximum atomic E-state index is 14.3. The molecule has 0 spiro atoms. The third kappa shape index (κ3) is 3.72. The van der Waals surface area contributed by atoms with Crippen molar-refractivity contribution < 1.29 is 26.3 Å². The molecular weight excluding hydrogens is 376 g/mol. The molecule has 0 saturated carbocycles. The fourth-order valence-corrected chi connectivity index (χ4v) is 3.19. The van der Waals surface area contributed by atoms with Crippen molar-refractivity contribution in [2.45, 2.75) is 11.2 Å². The summed E-state index contributed by atoms with van der Waals surface area (Å²) in [5.41, 5.74) is -0.271. The van der Waals surface area contributed by atoms with Crippen LogP contribution in [0.3, 0.4) is 0 Å². The average Bonchev–Trinajstić information content (AvgIpc) is 3.08. The molecule has 6 nitrogen and oxygen atoms in total. The van der Waals surface area contributed by atoms with E-state index in [0.29, 0.717) is 0 Å². The zero-order valence-corrected chi connectivity index (χ0v) is 13.9. The smallest absolute Gasteiger partial charge is 0.329 e. The number of pyridine rings is 1. The number of aromatic nitrogens is 3. The minimum Gasteiger partial charge on any atom is -0.329 e. The van der Waals surface area contributed by atoms with Gasteiger partial charge in [0.05, 0.1) is 9.73 Å². The summed E-state index contributed by atoms with van der Waals surface area (Å²) >= 11 is 0. The predicted molar refractivity (Wildman–Crippen MR) is 83.4 cm³/mol. The minimum absolute atomic E-state index is 0.0406. The van der Waals surface area contributed by atoms with Crippen molar-refractivity contribution in [3.8, 4) is 11.4 Å². The van der Waals surface area contributed by atoms with Crippen LogP contribution in [-0.4, -0.2) is 25.6 Å². The fraction of sp³-hybridized carbons (Fsp3) is 0.133. The van der Waals surface area contributed by atoms with Crippen LogP contribution in [0, 0.1) is 5.82 Å². The van der Waals surface area contributed by atoms with Crippen molar-refractivity contribution in [3.05, 3.63) is 54.3 Å². The molecule has 0 aliphatic heterocycles. The van der Waals surface area contributed by atoms with Crippen molar-refractivity contribution in [2.75, 3.05) is 6.26 Å². The molecule has 0 fully saturated rings. The van der Waals surface area contributed by atoms with Gasteiger partial charge in [0.25, 0.3) is 0 Å². The number of halogens is 4. The third-order valence-corrected chi connectivity index (χ3v) is 4.74. The maximum absolute atomic E-state index is 14.3. The second-order valence-electron chi connectivity index (χ2n) is 5.15. The van der Waals surface area contributed by atoms with E-state index in [4.69, 9.17) is 0 Å². The van der Waals surface area contributed by atoms with Crippen LogP contribution in [0.5, 0.6) is 0 Å². The largest absolute Gasteiger partial charge is 0.471 e. The van der Waals surface area contributed by atoms with Crippen molar-refractivity contribution in [2.24, 2.45) is 4.36 Å². The van der Waals surface area contributed by atoms with E-state index in [1.807, 2.05) is 0 Å². The van der Waals surface area contributed by atoms with Gasteiger partial charge in [-0.2, -0.15) is 22.5 Å². The van der Waals surface area contributed by atoms with Crippen molar-refractivity contribution in [1.29, 1.82) is 0 Å². The Bertz CT molecular complexity index is 1060. The summed E-state index contributed by atoms with van der Waals surface area (Å²) in [5.74, 6) is -2.86. The Labute approximate surface area is 145 Å². The van der Waals surface area contributed by atoms with E-state index in [-0.39, 0.29) is 16.3 Å². The highest BCUT2D eigenvalue weighted by atomic mass is 32.2. The molecule has 26 heavy (non-hydrogen) atoms. The van der Waals surface area contributed by atoms with E-state index < -0.39 is 33.4 Å². The second-order valence-corrected chi connectivity index (χ2v) is 7.35. The standard InChI is InChI=1S/C15H10F4N4O2S/c1-26(24,12-4-2-3-7-20-12)23-11-6-5-9(8-10(11)16)13-21-14(25-22-13)15(17,18)19/h2-8H,1H3. The van der Waals surface area contributed by atoms with Gasteiger partial charge in [-0.15, -0.1) is 0 Å². The summed E-state index contributed by atoms with van der Waals surface area (Å²) in [6.07, 6.45) is -2.06. The molecule has 1 unspecified atom stereocenters. The molecule has 0 aliphatic rings. The molecule has 3 aromatic rings. The summed E-state index contributed by atoms with van der Waals surface area (Å²) in [5, 5.41) is 3.35. The Morgan fingerprint density at radius 3 is 2.54 bits per heavy atom. The maximum Gasteiger partial charge on any atom is 0.471 e. The normalized spacial score (nSPS) is 14.0. The molecule has 1 atom stereocenters. The Balaban J connectivity index is 1.97. The molecule has 0 amide bonds. The molecule has 0 radical (unpaired) electrons. The first-order valence-corrected chi connectivity index (χ1v) is 8.93. The lowest BCUT2D eigenvalue weighted by Gasteiger charge is -2.04. The molecule has 0 aliphatic carbocycles. The Morgan fingerprint density at radius 2 is 1.96 bits per heavy atom. The van der Waals surface area contributed by atoms with Crippen LogP contribution in [0.25, 0.3) is 11.4 Å². The first kappa shape index (κ1) is 18.0. The van der Waals surface area contributed by atoms with Crippen LogP contribution in [0.1, 0.15) is 5.89 Å². The van der Waals surface area contributed by atoms with Gasteiger partial charge in [-0.1, -0.05) is 11.2 Å². The molecule has 3 rings (SSSR count). The quantitative estimate of drug-likeness (QED) is 0.634. The van der Waals surface area contributed by atoms with Crippen LogP contribution in [0.15, 0.2) is 56.5 Å². The van der Waals surface area contributed by atoms with Gasteiger partial charge in [-0.25, -0.2) is 13.6 Å². The lowest BCUT2D eigenvalue weighted by atomic mass is 10.2. The van der Waals surface area contributed by atoms with Crippen LogP contribution in [0.4, 0.5) is 23.2 Å². The first-order valence-electron chi connectivity index (χ1n) is 7.01. The zero-order chi connectivity index (χ0) is 18.9. The zero-order valence-electron chi connectivity index (χ0n) is 13.1. The average molecular weight is 386 g/mol. The number of benzene rings is 1. The summed E-state index contributed by atoms with van der Waals surface area (Å²) in [4.78, 5) is 7.11. The highest BCUT2D eigenvalue weighted by Gasteiger charge is 2.38. The Hall–Kier alpha value is -2.82. The first-order chi connectivity index (χ1) is 12.2. The summed E-state index contributed by atoms with van der Waals surface area (Å²) in [6, 6.07) is 8.05.